The highest BCUT2D eigenvalue weighted by molar-refractivity contribution is 6.33. The van der Waals surface area contributed by atoms with Crippen molar-refractivity contribution in [3.8, 4) is 5.75 Å². The zero-order chi connectivity index (χ0) is 16.7. The van der Waals surface area contributed by atoms with Crippen LogP contribution < -0.4 is 10.1 Å². The zero-order valence-corrected chi connectivity index (χ0v) is 14.9. The molecular formula is C20H26ClNO. The maximum Gasteiger partial charge on any atom is 0.123 e. The number of para-hydroxylation sites is 2. The first-order valence-electron chi connectivity index (χ1n) is 8.39. The molecule has 3 heteroatoms. The van der Waals surface area contributed by atoms with Crippen molar-refractivity contribution in [2.24, 2.45) is 0 Å². The fourth-order valence-corrected chi connectivity index (χ4v) is 2.69. The highest BCUT2D eigenvalue weighted by atomic mass is 35.5. The topological polar surface area (TPSA) is 21.3 Å². The van der Waals surface area contributed by atoms with Crippen molar-refractivity contribution in [3.05, 3.63) is 59.1 Å². The minimum absolute atomic E-state index is 0.108. The van der Waals surface area contributed by atoms with Crippen molar-refractivity contribution < 1.29 is 4.74 Å². The molecule has 0 spiro atoms. The molecule has 1 N–H and O–H groups in total. The molecule has 0 saturated carbocycles. The summed E-state index contributed by atoms with van der Waals surface area (Å²) >= 11 is 6.19. The highest BCUT2D eigenvalue weighted by Gasteiger charge is 2.14. The fourth-order valence-electron chi connectivity index (χ4n) is 2.49. The molecule has 23 heavy (non-hydrogen) atoms. The fraction of sp³-hybridized carbons (Fsp3) is 0.400. The largest absolute Gasteiger partial charge is 0.488 e. The summed E-state index contributed by atoms with van der Waals surface area (Å²) in [6, 6.07) is 16.1. The van der Waals surface area contributed by atoms with Gasteiger partial charge < -0.3 is 10.1 Å². The lowest BCUT2D eigenvalue weighted by Gasteiger charge is -2.22. The third-order valence-electron chi connectivity index (χ3n) is 4.21. The summed E-state index contributed by atoms with van der Waals surface area (Å²) in [7, 11) is 0. The van der Waals surface area contributed by atoms with E-state index in [0.29, 0.717) is 5.92 Å². The Balaban J connectivity index is 2.04. The number of benzene rings is 2. The van der Waals surface area contributed by atoms with Crippen molar-refractivity contribution in [3.63, 3.8) is 0 Å². The quantitative estimate of drug-likeness (QED) is 0.628. The number of hydrogen-bond acceptors (Lipinski definition) is 2. The third-order valence-corrected chi connectivity index (χ3v) is 4.53. The molecule has 2 aromatic carbocycles. The molecule has 0 bridgehead atoms. The van der Waals surface area contributed by atoms with E-state index in [9.17, 15) is 0 Å². The first kappa shape index (κ1) is 17.7. The van der Waals surface area contributed by atoms with Crippen LogP contribution >= 0.6 is 11.6 Å². The minimum Gasteiger partial charge on any atom is -0.488 e. The number of rotatable bonds is 8. The number of ether oxygens (including phenoxy) is 1. The van der Waals surface area contributed by atoms with Gasteiger partial charge in [0, 0.05) is 0 Å². The van der Waals surface area contributed by atoms with Crippen LogP contribution in [-0.2, 0) is 0 Å². The Morgan fingerprint density at radius 3 is 2.39 bits per heavy atom. The van der Waals surface area contributed by atoms with Gasteiger partial charge in [-0.3, -0.25) is 0 Å². The van der Waals surface area contributed by atoms with Gasteiger partial charge in [-0.1, -0.05) is 62.7 Å². The van der Waals surface area contributed by atoms with E-state index in [-0.39, 0.29) is 6.10 Å². The van der Waals surface area contributed by atoms with E-state index in [1.165, 1.54) is 5.56 Å². The molecule has 2 unspecified atom stereocenters. The summed E-state index contributed by atoms with van der Waals surface area (Å²) < 4.78 is 6.27. The summed E-state index contributed by atoms with van der Waals surface area (Å²) in [5, 5.41) is 4.13. The molecule has 2 atom stereocenters. The number of halogens is 1. The standard InChI is InChI=1S/C20H26ClNO/c1-4-15(3)17-10-6-9-13-20(17)23-16(5-2)14-22-19-12-8-7-11-18(19)21/h6-13,15-16,22H,4-5,14H2,1-3H3. The van der Waals surface area contributed by atoms with Crippen molar-refractivity contribution in [1.82, 2.24) is 0 Å². The Kier molecular flexibility index (Phi) is 6.79. The van der Waals surface area contributed by atoms with Crippen molar-refractivity contribution in [1.29, 1.82) is 0 Å². The van der Waals surface area contributed by atoms with Crippen LogP contribution in [-0.4, -0.2) is 12.6 Å². The molecule has 0 aliphatic heterocycles. The molecule has 2 rings (SSSR count). The van der Waals surface area contributed by atoms with E-state index >= 15 is 0 Å². The molecule has 2 aromatic rings. The Hall–Kier alpha value is -1.67. The van der Waals surface area contributed by atoms with Gasteiger partial charge >= 0.3 is 0 Å². The van der Waals surface area contributed by atoms with Gasteiger partial charge in [0.1, 0.15) is 11.9 Å². The van der Waals surface area contributed by atoms with Gasteiger partial charge in [0.15, 0.2) is 0 Å². The van der Waals surface area contributed by atoms with Crippen molar-refractivity contribution >= 4 is 17.3 Å². The molecule has 0 heterocycles. The monoisotopic (exact) mass is 331 g/mol. The Morgan fingerprint density at radius 2 is 1.70 bits per heavy atom. The average Bonchev–Trinajstić information content (AvgIpc) is 2.59. The molecule has 0 radical (unpaired) electrons. The molecule has 0 aliphatic rings. The Labute approximate surface area is 144 Å². The molecule has 2 nitrogen and oxygen atoms in total. The predicted octanol–water partition coefficient (Wildman–Crippen LogP) is 6.12. The van der Waals surface area contributed by atoms with E-state index in [1.54, 1.807) is 0 Å². The number of hydrogen-bond donors (Lipinski definition) is 1. The van der Waals surface area contributed by atoms with Crippen LogP contribution in [0.1, 0.15) is 45.1 Å². The van der Waals surface area contributed by atoms with E-state index in [4.69, 9.17) is 16.3 Å². The van der Waals surface area contributed by atoms with E-state index < -0.39 is 0 Å². The lowest BCUT2D eigenvalue weighted by molar-refractivity contribution is 0.207. The van der Waals surface area contributed by atoms with E-state index in [1.807, 2.05) is 30.3 Å². The van der Waals surface area contributed by atoms with Crippen LogP contribution in [0.4, 0.5) is 5.69 Å². The molecule has 0 aliphatic carbocycles. The first-order chi connectivity index (χ1) is 11.2. The van der Waals surface area contributed by atoms with Gasteiger partial charge in [-0.25, -0.2) is 0 Å². The lowest BCUT2D eigenvalue weighted by Crippen LogP contribution is -2.26. The Morgan fingerprint density at radius 1 is 1.00 bits per heavy atom. The molecule has 0 aromatic heterocycles. The summed E-state index contributed by atoms with van der Waals surface area (Å²) in [5.41, 5.74) is 2.23. The highest BCUT2D eigenvalue weighted by Crippen LogP contribution is 2.29. The number of anilines is 1. The van der Waals surface area contributed by atoms with Gasteiger partial charge in [-0.2, -0.15) is 0 Å². The molecule has 0 fully saturated rings. The predicted molar refractivity (Wildman–Crippen MR) is 99.8 cm³/mol. The normalized spacial score (nSPS) is 13.4. The average molecular weight is 332 g/mol. The van der Waals surface area contributed by atoms with E-state index in [0.717, 1.165) is 35.8 Å². The van der Waals surface area contributed by atoms with Crippen LogP contribution in [0, 0.1) is 0 Å². The third kappa shape index (κ3) is 4.90. The Bertz CT molecular complexity index is 614. The van der Waals surface area contributed by atoms with Crippen molar-refractivity contribution in [2.45, 2.75) is 45.6 Å². The zero-order valence-electron chi connectivity index (χ0n) is 14.2. The van der Waals surface area contributed by atoms with Crippen LogP contribution in [0.5, 0.6) is 5.75 Å². The molecule has 0 saturated heterocycles. The van der Waals surface area contributed by atoms with Crippen molar-refractivity contribution in [2.75, 3.05) is 11.9 Å². The van der Waals surface area contributed by atoms with Crippen LogP contribution in [0.25, 0.3) is 0 Å². The van der Waals surface area contributed by atoms with Gasteiger partial charge in [0.05, 0.1) is 17.3 Å². The van der Waals surface area contributed by atoms with Gasteiger partial charge in [0.2, 0.25) is 0 Å². The second kappa shape index (κ2) is 8.83. The van der Waals surface area contributed by atoms with Gasteiger partial charge in [-0.15, -0.1) is 0 Å². The van der Waals surface area contributed by atoms with E-state index in [2.05, 4.69) is 44.3 Å². The molecular weight excluding hydrogens is 306 g/mol. The molecule has 124 valence electrons. The second-order valence-electron chi connectivity index (χ2n) is 5.86. The maximum absolute atomic E-state index is 6.27. The SMILES string of the molecule is CCC(CNc1ccccc1Cl)Oc1ccccc1C(C)CC. The summed E-state index contributed by atoms with van der Waals surface area (Å²) in [4.78, 5) is 0. The smallest absolute Gasteiger partial charge is 0.123 e. The summed E-state index contributed by atoms with van der Waals surface area (Å²) in [6.45, 7) is 7.32. The number of nitrogens with one attached hydrogen (secondary N) is 1. The minimum atomic E-state index is 0.108. The molecule has 0 amide bonds. The summed E-state index contributed by atoms with van der Waals surface area (Å²) in [6.07, 6.45) is 2.15. The van der Waals surface area contributed by atoms with Crippen LogP contribution in [0.3, 0.4) is 0 Å². The second-order valence-corrected chi connectivity index (χ2v) is 6.26. The van der Waals surface area contributed by atoms with Crippen LogP contribution in [0.15, 0.2) is 48.5 Å². The van der Waals surface area contributed by atoms with Crippen LogP contribution in [0.2, 0.25) is 5.02 Å². The van der Waals surface area contributed by atoms with Gasteiger partial charge in [0.25, 0.3) is 0 Å². The lowest BCUT2D eigenvalue weighted by atomic mass is 9.98. The maximum atomic E-state index is 6.27. The van der Waals surface area contributed by atoms with Gasteiger partial charge in [-0.05, 0) is 42.5 Å². The first-order valence-corrected chi connectivity index (χ1v) is 8.77. The summed E-state index contributed by atoms with van der Waals surface area (Å²) in [5.74, 6) is 1.50.